The van der Waals surface area contributed by atoms with Crippen LogP contribution in [0.15, 0.2) is 42.6 Å². The van der Waals surface area contributed by atoms with Gasteiger partial charge in [0.15, 0.2) is 0 Å². The van der Waals surface area contributed by atoms with Crippen LogP contribution in [0.25, 0.3) is 22.3 Å². The Labute approximate surface area is 201 Å². The number of nitrogens with zero attached hydrogens (tertiary/aromatic N) is 3. The molecular formula is C26H26F2N4O3. The van der Waals surface area contributed by atoms with Crippen molar-refractivity contribution < 1.29 is 23.0 Å². The molecule has 3 aliphatic rings. The Balaban J connectivity index is 1.24. The molecule has 5 heterocycles. The number of benzene rings is 1. The summed E-state index contributed by atoms with van der Waals surface area (Å²) in [6.07, 6.45) is 2.18. The van der Waals surface area contributed by atoms with E-state index in [0.717, 1.165) is 27.8 Å². The van der Waals surface area contributed by atoms with Gasteiger partial charge >= 0.3 is 0 Å². The van der Waals surface area contributed by atoms with Gasteiger partial charge in [0.25, 0.3) is 5.92 Å². The molecule has 4 unspecified atom stereocenters. The Morgan fingerprint density at radius 1 is 1.06 bits per heavy atom. The third-order valence-corrected chi connectivity index (χ3v) is 7.27. The van der Waals surface area contributed by atoms with Gasteiger partial charge in [0.2, 0.25) is 17.6 Å². The van der Waals surface area contributed by atoms with Crippen LogP contribution in [0.3, 0.4) is 0 Å². The minimum atomic E-state index is -2.70. The van der Waals surface area contributed by atoms with Gasteiger partial charge in [0.1, 0.15) is 12.7 Å². The maximum absolute atomic E-state index is 14.3. The predicted molar refractivity (Wildman–Crippen MR) is 125 cm³/mol. The second-order valence-corrected chi connectivity index (χ2v) is 9.64. The number of aromatic nitrogens is 3. The van der Waals surface area contributed by atoms with Gasteiger partial charge in [-0.15, -0.1) is 5.10 Å². The predicted octanol–water partition coefficient (Wildman–Crippen LogP) is 4.65. The number of ether oxygens (including phenoxy) is 3. The Morgan fingerprint density at radius 3 is 2.77 bits per heavy atom. The summed E-state index contributed by atoms with van der Waals surface area (Å²) in [5, 5.41) is 11.0. The van der Waals surface area contributed by atoms with E-state index < -0.39 is 12.0 Å². The van der Waals surface area contributed by atoms with Crippen molar-refractivity contribution in [1.29, 1.82) is 0 Å². The Morgan fingerprint density at radius 2 is 1.91 bits per heavy atom. The van der Waals surface area contributed by atoms with Crippen molar-refractivity contribution in [2.75, 3.05) is 7.11 Å². The summed E-state index contributed by atoms with van der Waals surface area (Å²) in [5.74, 6) is -1.21. The molecular weight excluding hydrogens is 454 g/mol. The highest BCUT2D eigenvalue weighted by Crippen LogP contribution is 2.42. The topological polar surface area (TPSA) is 78.4 Å². The van der Waals surface area contributed by atoms with Crippen LogP contribution in [0.2, 0.25) is 0 Å². The van der Waals surface area contributed by atoms with Gasteiger partial charge in [-0.2, -0.15) is 10.1 Å². The van der Waals surface area contributed by atoms with Crippen molar-refractivity contribution in [3.05, 3.63) is 48.2 Å². The summed E-state index contributed by atoms with van der Waals surface area (Å²) in [5.41, 5.74) is 4.82. The average molecular weight is 481 g/mol. The lowest BCUT2D eigenvalue weighted by molar-refractivity contribution is -0.0341. The largest absolute Gasteiger partial charge is 0.480 e. The first kappa shape index (κ1) is 22.2. The van der Waals surface area contributed by atoms with E-state index in [0.29, 0.717) is 30.7 Å². The summed E-state index contributed by atoms with van der Waals surface area (Å²) in [6, 6.07) is 10.7. The molecule has 7 nitrogen and oxygen atoms in total. The van der Waals surface area contributed by atoms with Crippen molar-refractivity contribution in [3.63, 3.8) is 0 Å². The zero-order valence-electron chi connectivity index (χ0n) is 19.5. The van der Waals surface area contributed by atoms with Crippen molar-refractivity contribution in [3.8, 4) is 39.9 Å². The molecule has 4 atom stereocenters. The Hall–Kier alpha value is -3.33. The molecule has 2 bridgehead atoms. The van der Waals surface area contributed by atoms with Crippen LogP contribution < -0.4 is 19.5 Å². The number of pyridine rings is 1. The Kier molecular flexibility index (Phi) is 5.32. The molecule has 9 heteroatoms. The zero-order chi connectivity index (χ0) is 24.2. The fraction of sp³-hybridized carbons (Fsp3) is 0.423. The number of hydrogen-bond acceptors (Lipinski definition) is 7. The summed E-state index contributed by atoms with van der Waals surface area (Å²) in [6.45, 7) is 2.42. The lowest BCUT2D eigenvalue weighted by Crippen LogP contribution is -2.40. The van der Waals surface area contributed by atoms with Crippen molar-refractivity contribution in [2.45, 2.75) is 56.9 Å². The second kappa shape index (κ2) is 8.41. The van der Waals surface area contributed by atoms with E-state index in [1.807, 2.05) is 24.3 Å². The normalized spacial score (nSPS) is 26.2. The molecule has 0 radical (unpaired) electrons. The van der Waals surface area contributed by atoms with Crippen molar-refractivity contribution in [1.82, 2.24) is 20.5 Å². The van der Waals surface area contributed by atoms with Crippen molar-refractivity contribution in [2.24, 2.45) is 5.92 Å². The fourth-order valence-electron chi connectivity index (χ4n) is 5.42. The summed E-state index contributed by atoms with van der Waals surface area (Å²) < 4.78 is 45.9. The van der Waals surface area contributed by atoms with E-state index in [1.54, 1.807) is 19.4 Å². The summed E-state index contributed by atoms with van der Waals surface area (Å²) in [4.78, 5) is 4.59. The molecule has 6 rings (SSSR count). The van der Waals surface area contributed by atoms with Crippen LogP contribution in [0, 0.1) is 5.92 Å². The van der Waals surface area contributed by atoms with Gasteiger partial charge < -0.3 is 19.5 Å². The monoisotopic (exact) mass is 480 g/mol. The fourth-order valence-corrected chi connectivity index (χ4v) is 5.42. The van der Waals surface area contributed by atoms with E-state index >= 15 is 0 Å². The van der Waals surface area contributed by atoms with E-state index in [9.17, 15) is 8.78 Å². The molecule has 0 saturated carbocycles. The SMILES string of the molecule is COc1cc(-c2ccc3c(c2)COc2nc(OC4CC5NC(CC4C)CC5(F)F)ccc2-3)cnn1. The maximum atomic E-state index is 14.3. The van der Waals surface area contributed by atoms with Crippen LogP contribution in [0.5, 0.6) is 17.6 Å². The number of rotatable bonds is 4. The van der Waals surface area contributed by atoms with Gasteiger partial charge in [-0.3, -0.25) is 0 Å². The van der Waals surface area contributed by atoms with E-state index in [1.165, 1.54) is 0 Å². The summed E-state index contributed by atoms with van der Waals surface area (Å²) in [7, 11) is 1.56. The van der Waals surface area contributed by atoms with Crippen LogP contribution in [-0.4, -0.2) is 46.4 Å². The number of nitrogens with one attached hydrogen (secondary N) is 1. The van der Waals surface area contributed by atoms with E-state index in [-0.39, 0.29) is 30.9 Å². The molecule has 3 aromatic rings. The molecule has 0 spiro atoms. The maximum Gasteiger partial charge on any atom is 0.264 e. The number of alkyl halides is 2. The van der Waals surface area contributed by atoms with Gasteiger partial charge in [-0.1, -0.05) is 19.1 Å². The highest BCUT2D eigenvalue weighted by Gasteiger charge is 2.52. The molecule has 1 N–H and O–H groups in total. The molecule has 1 aromatic carbocycles. The van der Waals surface area contributed by atoms with Gasteiger partial charge in [0, 0.05) is 42.1 Å². The minimum Gasteiger partial charge on any atom is -0.480 e. The van der Waals surface area contributed by atoms with E-state index in [2.05, 4.69) is 33.5 Å². The number of hydrogen-bond donors (Lipinski definition) is 1. The number of methoxy groups -OCH3 is 1. The molecule has 0 aliphatic carbocycles. The molecule has 2 aromatic heterocycles. The molecule has 3 aliphatic heterocycles. The molecule has 182 valence electrons. The third-order valence-electron chi connectivity index (χ3n) is 7.27. The molecule has 2 fully saturated rings. The lowest BCUT2D eigenvalue weighted by Gasteiger charge is -2.29. The van der Waals surface area contributed by atoms with Gasteiger partial charge in [-0.05, 0) is 41.2 Å². The third kappa shape index (κ3) is 4.07. The summed E-state index contributed by atoms with van der Waals surface area (Å²) >= 11 is 0. The van der Waals surface area contributed by atoms with E-state index in [4.69, 9.17) is 14.2 Å². The Bertz CT molecular complexity index is 1270. The minimum absolute atomic E-state index is 0.0913. The van der Waals surface area contributed by atoms with Gasteiger partial charge in [0.05, 0.1) is 19.3 Å². The zero-order valence-corrected chi connectivity index (χ0v) is 19.5. The standard InChI is InChI=1S/C26H26F2N4O3/c1-14-7-18-11-26(27,28)22(30-18)10-21(14)35-23-6-5-20-19-4-3-15(8-17(19)13-34-25(20)31-23)16-9-24(33-2)32-29-12-16/h3-6,8-9,12,14,18,21-22,30H,7,10-11,13H2,1-2H3. The van der Waals surface area contributed by atoms with Gasteiger partial charge in [-0.25, -0.2) is 8.78 Å². The van der Waals surface area contributed by atoms with Crippen LogP contribution in [0.1, 0.15) is 31.7 Å². The van der Waals surface area contributed by atoms with Crippen LogP contribution >= 0.6 is 0 Å². The smallest absolute Gasteiger partial charge is 0.264 e. The lowest BCUT2D eigenvalue weighted by atomic mass is 9.88. The van der Waals surface area contributed by atoms with Crippen LogP contribution in [0.4, 0.5) is 8.78 Å². The molecule has 35 heavy (non-hydrogen) atoms. The highest BCUT2D eigenvalue weighted by atomic mass is 19.3. The quantitative estimate of drug-likeness (QED) is 0.582. The highest BCUT2D eigenvalue weighted by molar-refractivity contribution is 5.77. The van der Waals surface area contributed by atoms with Crippen LogP contribution in [-0.2, 0) is 6.61 Å². The first-order valence-electron chi connectivity index (χ1n) is 11.8. The second-order valence-electron chi connectivity index (χ2n) is 9.64. The number of halogens is 2. The van der Waals surface area contributed by atoms with Crippen molar-refractivity contribution >= 4 is 0 Å². The first-order valence-corrected chi connectivity index (χ1v) is 11.8. The first-order chi connectivity index (χ1) is 16.9. The average Bonchev–Trinajstić information content (AvgIpc) is 3.04. The molecule has 2 saturated heterocycles. The number of fused-ring (bicyclic) bond motifs is 5. The molecule has 0 amide bonds.